The Bertz CT molecular complexity index is 1880. The van der Waals surface area contributed by atoms with Gasteiger partial charge in [-0.2, -0.15) is 0 Å². The second-order valence-electron chi connectivity index (χ2n) is 12.0. The number of hydrogen-bond donors (Lipinski definition) is 2. The van der Waals surface area contributed by atoms with Gasteiger partial charge in [-0.25, -0.2) is 0 Å². The Morgan fingerprint density at radius 3 is 2.15 bits per heavy atom. The lowest BCUT2D eigenvalue weighted by molar-refractivity contribution is -0.123. The van der Waals surface area contributed by atoms with Gasteiger partial charge in [0.25, 0.3) is 0 Å². The summed E-state index contributed by atoms with van der Waals surface area (Å²) >= 11 is 0. The molecule has 0 spiro atoms. The van der Waals surface area contributed by atoms with Gasteiger partial charge in [-0.05, 0) is 68.2 Å². The molecule has 232 valence electrons. The van der Waals surface area contributed by atoms with Crippen LogP contribution < -0.4 is 19.7 Å². The fraction of sp³-hybridized carbons (Fsp3) is 0.243. The molecule has 0 radical (unpaired) electrons. The summed E-state index contributed by atoms with van der Waals surface area (Å²) in [6.07, 6.45) is 3.74. The van der Waals surface area contributed by atoms with Crippen LogP contribution >= 0.6 is 0 Å². The number of rotatable bonds is 6. The number of nitrogens with one attached hydrogen (secondary N) is 1. The molecule has 4 aliphatic rings. The molecule has 0 bridgehead atoms. The number of carbonyl (C=O) groups is 4. The summed E-state index contributed by atoms with van der Waals surface area (Å²) in [5.74, 6) is -3.32. The van der Waals surface area contributed by atoms with Gasteiger partial charge in [0.1, 0.15) is 17.2 Å². The monoisotopic (exact) mass is 616 g/mol. The van der Waals surface area contributed by atoms with Crippen molar-refractivity contribution in [1.29, 1.82) is 0 Å². The van der Waals surface area contributed by atoms with E-state index in [1.54, 1.807) is 19.1 Å². The predicted molar refractivity (Wildman–Crippen MR) is 171 cm³/mol. The summed E-state index contributed by atoms with van der Waals surface area (Å²) in [6.45, 7) is 1.61. The lowest BCUT2D eigenvalue weighted by atomic mass is 9.59. The number of imide groups is 1. The van der Waals surface area contributed by atoms with Gasteiger partial charge in [0, 0.05) is 51.7 Å². The molecule has 2 amide bonds. The van der Waals surface area contributed by atoms with Crippen LogP contribution in [0.5, 0.6) is 17.2 Å². The maximum Gasteiger partial charge on any atom is 0.238 e. The van der Waals surface area contributed by atoms with Gasteiger partial charge in [-0.15, -0.1) is 0 Å². The fourth-order valence-electron chi connectivity index (χ4n) is 7.54. The zero-order valence-corrected chi connectivity index (χ0v) is 25.6. The average Bonchev–Trinajstić information content (AvgIpc) is 3.32. The number of ketones is 2. The van der Waals surface area contributed by atoms with E-state index in [0.717, 1.165) is 16.9 Å². The highest BCUT2D eigenvalue weighted by molar-refractivity contribution is 6.25. The highest BCUT2D eigenvalue weighted by atomic mass is 16.5. The zero-order chi connectivity index (χ0) is 32.3. The first-order chi connectivity index (χ1) is 22.2. The molecule has 0 unspecified atom stereocenters. The van der Waals surface area contributed by atoms with E-state index in [2.05, 4.69) is 5.32 Å². The highest BCUT2D eigenvalue weighted by Gasteiger charge is 2.57. The number of methoxy groups -OCH3 is 2. The number of nitrogens with zero attached hydrogens (tertiary/aromatic N) is 1. The molecule has 0 saturated carbocycles. The molecule has 3 aliphatic carbocycles. The van der Waals surface area contributed by atoms with Crippen molar-refractivity contribution in [3.63, 3.8) is 0 Å². The van der Waals surface area contributed by atoms with E-state index in [0.29, 0.717) is 34.4 Å². The first kappa shape index (κ1) is 29.3. The summed E-state index contributed by atoms with van der Waals surface area (Å²) < 4.78 is 11.4. The maximum absolute atomic E-state index is 14.3. The van der Waals surface area contributed by atoms with Crippen molar-refractivity contribution in [1.82, 2.24) is 0 Å². The van der Waals surface area contributed by atoms with E-state index in [1.807, 2.05) is 48.5 Å². The number of aromatic hydroxyl groups is 1. The van der Waals surface area contributed by atoms with Crippen LogP contribution in [0, 0.1) is 17.8 Å². The highest BCUT2D eigenvalue weighted by Crippen LogP contribution is 2.58. The third-order valence-electron chi connectivity index (χ3n) is 9.57. The molecule has 46 heavy (non-hydrogen) atoms. The van der Waals surface area contributed by atoms with Gasteiger partial charge < -0.3 is 19.9 Å². The number of ether oxygens (including phenoxy) is 2. The largest absolute Gasteiger partial charge is 0.508 e. The van der Waals surface area contributed by atoms with Crippen molar-refractivity contribution in [3.05, 3.63) is 107 Å². The summed E-state index contributed by atoms with van der Waals surface area (Å²) in [7, 11) is 2.91. The summed E-state index contributed by atoms with van der Waals surface area (Å²) in [6, 6.07) is 19.7. The van der Waals surface area contributed by atoms with Crippen molar-refractivity contribution in [2.75, 3.05) is 24.4 Å². The smallest absolute Gasteiger partial charge is 0.238 e. The molecule has 4 atom stereocenters. The molecule has 1 aliphatic heterocycles. The fourth-order valence-corrected chi connectivity index (χ4v) is 7.54. The van der Waals surface area contributed by atoms with Crippen LogP contribution in [0.3, 0.4) is 0 Å². The normalized spacial score (nSPS) is 23.8. The number of para-hydroxylation sites is 1. The van der Waals surface area contributed by atoms with Crippen molar-refractivity contribution in [2.24, 2.45) is 17.8 Å². The van der Waals surface area contributed by atoms with Crippen LogP contribution in [-0.4, -0.2) is 42.7 Å². The molecule has 3 aromatic rings. The molecular formula is C37H32N2O7. The Balaban J connectivity index is 1.29. The number of benzene rings is 3. The van der Waals surface area contributed by atoms with Crippen LogP contribution in [0.4, 0.5) is 17.1 Å². The van der Waals surface area contributed by atoms with Gasteiger partial charge in [-0.3, -0.25) is 24.1 Å². The number of fused-ring (bicyclic) bond motifs is 3. The summed E-state index contributed by atoms with van der Waals surface area (Å²) in [5, 5.41) is 13.7. The van der Waals surface area contributed by atoms with Gasteiger partial charge in [0.15, 0.2) is 11.6 Å². The lowest BCUT2D eigenvalue weighted by Gasteiger charge is -2.42. The van der Waals surface area contributed by atoms with Crippen LogP contribution in [0.1, 0.15) is 31.2 Å². The second-order valence-corrected chi connectivity index (χ2v) is 12.0. The first-order valence-corrected chi connectivity index (χ1v) is 15.2. The molecule has 2 N–H and O–H groups in total. The van der Waals surface area contributed by atoms with Gasteiger partial charge in [-0.1, -0.05) is 29.8 Å². The number of phenols is 1. The quantitative estimate of drug-likeness (QED) is 0.203. The topological polar surface area (TPSA) is 122 Å². The van der Waals surface area contributed by atoms with Crippen LogP contribution in [-0.2, 0) is 19.2 Å². The SMILES string of the molecule is COc1cc(O)cc(OC)c1[C@H]1C2=CC[C@@H]3C(=O)N(c4ccc(Nc5ccccc5)cc4)C(=O)[C@@H]3[C@@H]2CC2=C1C(=O)C(C)=CC2=O. The predicted octanol–water partition coefficient (Wildman–Crippen LogP) is 5.79. The molecule has 9 nitrogen and oxygen atoms in total. The third kappa shape index (κ3) is 4.53. The van der Waals surface area contributed by atoms with E-state index >= 15 is 0 Å². The number of allylic oxidation sites excluding steroid dienone is 6. The number of carbonyl (C=O) groups excluding carboxylic acids is 4. The van der Waals surface area contributed by atoms with Crippen molar-refractivity contribution in [3.8, 4) is 17.2 Å². The number of anilines is 3. The molecule has 1 saturated heterocycles. The molecule has 1 fully saturated rings. The number of phenolic OH excluding ortho intramolecular Hbond substituents is 1. The van der Waals surface area contributed by atoms with Crippen molar-refractivity contribution < 1.29 is 33.8 Å². The number of amides is 2. The van der Waals surface area contributed by atoms with E-state index in [-0.39, 0.29) is 47.1 Å². The Morgan fingerprint density at radius 1 is 0.848 bits per heavy atom. The standard InChI is InChI=1S/C37H32N2O7/c1-19-15-28(41)27-18-26-24(32(33(27)35(19)42)34-29(45-2)16-23(40)17-30(34)46-3)13-14-25-31(26)37(44)39(36(25)43)22-11-9-21(10-12-22)38-20-7-5-4-6-8-20/h4-13,15-17,25-26,31-32,38,40H,14,18H2,1-3H3/t25-,26+,31-,32-/m0/s1. The van der Waals surface area contributed by atoms with E-state index in [4.69, 9.17) is 9.47 Å². The maximum atomic E-state index is 14.3. The molecule has 9 heteroatoms. The van der Waals surface area contributed by atoms with Gasteiger partial charge >= 0.3 is 0 Å². The van der Waals surface area contributed by atoms with E-state index in [1.165, 1.54) is 37.3 Å². The average molecular weight is 617 g/mol. The van der Waals surface area contributed by atoms with Crippen LogP contribution in [0.2, 0.25) is 0 Å². The van der Waals surface area contributed by atoms with Gasteiger partial charge in [0.2, 0.25) is 11.8 Å². The molecule has 7 rings (SSSR count). The molecule has 0 aromatic heterocycles. The first-order valence-electron chi connectivity index (χ1n) is 15.2. The number of hydrogen-bond acceptors (Lipinski definition) is 8. The molecule has 1 heterocycles. The van der Waals surface area contributed by atoms with E-state index < -0.39 is 23.7 Å². The molecular weight excluding hydrogens is 584 g/mol. The zero-order valence-electron chi connectivity index (χ0n) is 25.6. The molecule has 3 aromatic carbocycles. The Morgan fingerprint density at radius 2 is 1.50 bits per heavy atom. The van der Waals surface area contributed by atoms with Crippen LogP contribution in [0.15, 0.2) is 101 Å². The third-order valence-corrected chi connectivity index (χ3v) is 9.57. The minimum Gasteiger partial charge on any atom is -0.508 e. The summed E-state index contributed by atoms with van der Waals surface area (Å²) in [5.41, 5.74) is 4.42. The van der Waals surface area contributed by atoms with Gasteiger partial charge in [0.05, 0.1) is 31.7 Å². The second kappa shape index (κ2) is 11.2. The lowest BCUT2D eigenvalue weighted by Crippen LogP contribution is -2.40. The van der Waals surface area contributed by atoms with Crippen LogP contribution in [0.25, 0.3) is 0 Å². The Kier molecular flexibility index (Phi) is 7.11. The summed E-state index contributed by atoms with van der Waals surface area (Å²) in [4.78, 5) is 56.7. The Labute approximate surface area is 265 Å². The minimum absolute atomic E-state index is 0.0870. The Hall–Kier alpha value is -5.44. The minimum atomic E-state index is -0.777. The van der Waals surface area contributed by atoms with Crippen molar-refractivity contribution in [2.45, 2.75) is 25.7 Å². The van der Waals surface area contributed by atoms with Crippen molar-refractivity contribution >= 4 is 40.4 Å². The van der Waals surface area contributed by atoms with E-state index in [9.17, 15) is 24.3 Å². The number of Topliss-reactive ketones (excluding diaryl/α,β-unsaturated/α-hetero) is 1.